The second-order valence-electron chi connectivity index (χ2n) is 6.41. The van der Waals surface area contributed by atoms with Crippen molar-refractivity contribution in [2.75, 3.05) is 25.7 Å². The van der Waals surface area contributed by atoms with Crippen LogP contribution in [0.25, 0.3) is 0 Å². The molecule has 0 unspecified atom stereocenters. The third kappa shape index (κ3) is 6.38. The van der Waals surface area contributed by atoms with E-state index in [1.165, 1.54) is 36.4 Å². The highest BCUT2D eigenvalue weighted by Crippen LogP contribution is 2.37. The van der Waals surface area contributed by atoms with E-state index in [1.54, 1.807) is 0 Å². The number of rotatable bonds is 10. The van der Waals surface area contributed by atoms with E-state index in [9.17, 15) is 13.5 Å². The minimum absolute atomic E-state index is 0.0177. The highest BCUT2D eigenvalue weighted by molar-refractivity contribution is 7.91. The van der Waals surface area contributed by atoms with Crippen molar-refractivity contribution in [2.45, 2.75) is 22.8 Å². The molecule has 0 radical (unpaired) electrons. The van der Waals surface area contributed by atoms with Gasteiger partial charge in [0, 0.05) is 11.8 Å². The molecular weight excluding hydrogens is 463 g/mol. The van der Waals surface area contributed by atoms with Crippen molar-refractivity contribution in [3.05, 3.63) is 46.4 Å². The molecule has 2 aromatic carbocycles. The van der Waals surface area contributed by atoms with Crippen LogP contribution in [0.4, 0.5) is 0 Å². The number of aliphatic hydroxyl groups is 2. The molecule has 0 saturated heterocycles. The average molecular weight is 484 g/mol. The number of aliphatic hydroxyl groups excluding tert-OH is 2. The summed E-state index contributed by atoms with van der Waals surface area (Å²) in [5.74, 6) is 1.03. The Hall–Kier alpha value is -1.22. The Morgan fingerprint density at radius 1 is 1.00 bits per heavy atom. The van der Waals surface area contributed by atoms with Crippen molar-refractivity contribution < 1.29 is 28.1 Å². The number of hydrogen-bond acceptors (Lipinski definition) is 6. The van der Waals surface area contributed by atoms with Gasteiger partial charge in [0.15, 0.2) is 5.75 Å². The van der Waals surface area contributed by atoms with Crippen LogP contribution in [-0.4, -0.2) is 50.4 Å². The zero-order valence-electron chi connectivity index (χ0n) is 15.5. The van der Waals surface area contributed by atoms with E-state index in [0.717, 1.165) is 0 Å². The molecule has 0 aliphatic carbocycles. The summed E-state index contributed by atoms with van der Waals surface area (Å²) < 4.78 is 36.6. The Morgan fingerprint density at radius 2 is 1.59 bits per heavy atom. The Kier molecular flexibility index (Phi) is 8.88. The van der Waals surface area contributed by atoms with E-state index in [2.05, 4.69) is 0 Å². The maximum Gasteiger partial charge on any atom is 0.206 e. The molecule has 0 aliphatic rings. The molecule has 0 amide bonds. The van der Waals surface area contributed by atoms with Crippen LogP contribution in [0, 0.1) is 5.92 Å². The maximum atomic E-state index is 12.9. The predicted molar refractivity (Wildman–Crippen MR) is 112 cm³/mol. The number of halogens is 3. The summed E-state index contributed by atoms with van der Waals surface area (Å²) in [6.45, 7) is 1.64. The molecule has 0 aliphatic heterocycles. The van der Waals surface area contributed by atoms with Gasteiger partial charge < -0.3 is 19.7 Å². The third-order valence-electron chi connectivity index (χ3n) is 3.84. The molecule has 2 N–H and O–H groups in total. The number of benzene rings is 2. The highest BCUT2D eigenvalue weighted by Gasteiger charge is 2.22. The first-order chi connectivity index (χ1) is 13.7. The maximum absolute atomic E-state index is 12.9. The monoisotopic (exact) mass is 482 g/mol. The van der Waals surface area contributed by atoms with Gasteiger partial charge in [-0.05, 0) is 36.4 Å². The highest BCUT2D eigenvalue weighted by atomic mass is 35.5. The summed E-state index contributed by atoms with van der Waals surface area (Å²) in [7, 11) is -3.88. The molecule has 160 valence electrons. The van der Waals surface area contributed by atoms with Gasteiger partial charge in [-0.15, -0.1) is 11.6 Å². The van der Waals surface area contributed by atoms with E-state index in [-0.39, 0.29) is 38.1 Å². The molecule has 10 heteroatoms. The molecule has 0 heterocycles. The van der Waals surface area contributed by atoms with E-state index < -0.39 is 22.5 Å². The third-order valence-corrected chi connectivity index (χ3v) is 6.68. The second kappa shape index (κ2) is 10.7. The van der Waals surface area contributed by atoms with Gasteiger partial charge in [-0.1, -0.05) is 30.1 Å². The van der Waals surface area contributed by atoms with Crippen LogP contribution in [0.15, 0.2) is 46.2 Å². The van der Waals surface area contributed by atoms with E-state index in [0.29, 0.717) is 18.2 Å². The zero-order valence-corrected chi connectivity index (χ0v) is 18.6. The van der Waals surface area contributed by atoms with Crippen molar-refractivity contribution >= 4 is 44.6 Å². The second-order valence-corrected chi connectivity index (χ2v) is 9.48. The van der Waals surface area contributed by atoms with E-state index in [1.807, 2.05) is 6.92 Å². The summed E-state index contributed by atoms with van der Waals surface area (Å²) in [4.78, 5) is -0.0567. The molecule has 2 aromatic rings. The first-order valence-corrected chi connectivity index (χ1v) is 11.4. The van der Waals surface area contributed by atoms with Crippen LogP contribution >= 0.6 is 34.8 Å². The smallest absolute Gasteiger partial charge is 0.206 e. The molecule has 29 heavy (non-hydrogen) atoms. The van der Waals surface area contributed by atoms with Crippen molar-refractivity contribution in [2.24, 2.45) is 5.92 Å². The number of ether oxygens (including phenoxy) is 2. The largest absolute Gasteiger partial charge is 0.491 e. The van der Waals surface area contributed by atoms with Gasteiger partial charge in [-0.25, -0.2) is 8.42 Å². The summed E-state index contributed by atoms with van der Waals surface area (Å²) in [5, 5.41) is 18.2. The first-order valence-electron chi connectivity index (χ1n) is 8.63. The summed E-state index contributed by atoms with van der Waals surface area (Å²) in [6, 6.07) is 8.20. The van der Waals surface area contributed by atoms with Gasteiger partial charge in [0.25, 0.3) is 0 Å². The predicted octanol–water partition coefficient (Wildman–Crippen LogP) is 3.81. The number of sulfone groups is 1. The summed E-state index contributed by atoms with van der Waals surface area (Å²) in [5.41, 5.74) is 0. The Bertz CT molecular complexity index is 895. The number of hydrogen-bond donors (Lipinski definition) is 2. The molecule has 6 nitrogen and oxygen atoms in total. The molecule has 2 rings (SSSR count). The lowest BCUT2D eigenvalue weighted by molar-refractivity contribution is 0.0536. The standard InChI is InChI=1S/C19H21Cl3O6S/c1-12(8-20)10-28-19-17(21)6-16(7-18(19)22)29(25,26)15-4-2-14(3-5-15)27-11-13(24)9-23/h2-7,12-13,23-24H,8-11H2,1H3/t12-,13-/m1/s1. The minimum Gasteiger partial charge on any atom is -0.491 e. The SMILES string of the molecule is C[C@H](CCl)COc1c(Cl)cc(S(=O)(=O)c2ccc(OC[C@H](O)CO)cc2)cc1Cl. The van der Waals surface area contributed by atoms with Crippen molar-refractivity contribution in [1.29, 1.82) is 0 Å². The van der Waals surface area contributed by atoms with Gasteiger partial charge in [-0.3, -0.25) is 0 Å². The molecule has 0 fully saturated rings. The van der Waals surface area contributed by atoms with E-state index >= 15 is 0 Å². The van der Waals surface area contributed by atoms with Crippen LogP contribution in [0.2, 0.25) is 10.0 Å². The van der Waals surface area contributed by atoms with Gasteiger partial charge in [0.1, 0.15) is 18.5 Å². The van der Waals surface area contributed by atoms with Crippen molar-refractivity contribution in [3.8, 4) is 11.5 Å². The molecule has 0 aromatic heterocycles. The van der Waals surface area contributed by atoms with Crippen molar-refractivity contribution in [3.63, 3.8) is 0 Å². The van der Waals surface area contributed by atoms with Crippen LogP contribution in [-0.2, 0) is 9.84 Å². The van der Waals surface area contributed by atoms with Crippen LogP contribution in [0.5, 0.6) is 11.5 Å². The lowest BCUT2D eigenvalue weighted by Gasteiger charge is -2.14. The van der Waals surface area contributed by atoms with Crippen molar-refractivity contribution in [1.82, 2.24) is 0 Å². The van der Waals surface area contributed by atoms with Gasteiger partial charge in [0.2, 0.25) is 9.84 Å². The minimum atomic E-state index is -3.88. The Balaban J connectivity index is 2.22. The fourth-order valence-electron chi connectivity index (χ4n) is 2.20. The molecule has 0 saturated carbocycles. The summed E-state index contributed by atoms with van der Waals surface area (Å²) in [6.07, 6.45) is -1.02. The molecular formula is C19H21Cl3O6S. The quantitative estimate of drug-likeness (QED) is 0.499. The lowest BCUT2D eigenvalue weighted by Crippen LogP contribution is -2.21. The van der Waals surface area contributed by atoms with Gasteiger partial charge >= 0.3 is 0 Å². The Morgan fingerprint density at radius 3 is 2.10 bits per heavy atom. The topological polar surface area (TPSA) is 93.1 Å². The van der Waals surface area contributed by atoms with Crippen LogP contribution < -0.4 is 9.47 Å². The first kappa shape index (κ1) is 24.1. The lowest BCUT2D eigenvalue weighted by atomic mass is 10.2. The fourth-order valence-corrected chi connectivity index (χ4v) is 4.32. The zero-order chi connectivity index (χ0) is 21.6. The van der Waals surface area contributed by atoms with Gasteiger partial charge in [0.05, 0.1) is 33.0 Å². The molecule has 0 spiro atoms. The van der Waals surface area contributed by atoms with Gasteiger partial charge in [-0.2, -0.15) is 0 Å². The van der Waals surface area contributed by atoms with Crippen LogP contribution in [0.1, 0.15) is 6.92 Å². The summed E-state index contributed by atoms with van der Waals surface area (Å²) >= 11 is 18.1. The fraction of sp³-hybridized carbons (Fsp3) is 0.368. The van der Waals surface area contributed by atoms with E-state index in [4.69, 9.17) is 49.4 Å². The van der Waals surface area contributed by atoms with Crippen LogP contribution in [0.3, 0.4) is 0 Å². The molecule has 2 atom stereocenters. The Labute approximate surface area is 184 Å². The number of alkyl halides is 1. The molecule has 0 bridgehead atoms. The average Bonchev–Trinajstić information content (AvgIpc) is 2.71. The normalized spacial score (nSPS) is 13.7.